The summed E-state index contributed by atoms with van der Waals surface area (Å²) in [4.78, 5) is 5.41. The molecular formula is C16H33N3. The normalized spacial score (nSPS) is 27.3. The highest BCUT2D eigenvalue weighted by Crippen LogP contribution is 2.27. The maximum absolute atomic E-state index is 6.05. The van der Waals surface area contributed by atoms with Crippen molar-refractivity contribution in [2.75, 3.05) is 32.7 Å². The molecule has 2 saturated heterocycles. The van der Waals surface area contributed by atoms with Crippen LogP contribution in [-0.2, 0) is 0 Å². The van der Waals surface area contributed by atoms with E-state index >= 15 is 0 Å². The Morgan fingerprint density at radius 2 is 1.68 bits per heavy atom. The molecule has 2 fully saturated rings. The molecule has 3 nitrogen and oxygen atoms in total. The predicted octanol–water partition coefficient (Wildman–Crippen LogP) is 2.45. The van der Waals surface area contributed by atoms with Gasteiger partial charge in [-0.15, -0.1) is 0 Å². The minimum atomic E-state index is 0.238. The molecule has 112 valence electrons. The number of piperidine rings is 2. The molecule has 2 heterocycles. The Bertz CT molecular complexity index is 255. The molecule has 0 spiro atoms. The van der Waals surface area contributed by atoms with Gasteiger partial charge in [0.25, 0.3) is 0 Å². The van der Waals surface area contributed by atoms with Gasteiger partial charge in [-0.3, -0.25) is 4.90 Å². The first kappa shape index (κ1) is 15.3. The minimum Gasteiger partial charge on any atom is -0.329 e. The van der Waals surface area contributed by atoms with E-state index in [9.17, 15) is 0 Å². The number of likely N-dealkylation sites (tertiary alicyclic amines) is 2. The molecule has 1 atom stereocenters. The fourth-order valence-corrected chi connectivity index (χ4v) is 3.98. The van der Waals surface area contributed by atoms with Gasteiger partial charge in [0, 0.05) is 31.2 Å². The van der Waals surface area contributed by atoms with Gasteiger partial charge in [0.15, 0.2) is 0 Å². The van der Waals surface area contributed by atoms with Crippen molar-refractivity contribution in [2.24, 2.45) is 5.73 Å². The first-order valence-corrected chi connectivity index (χ1v) is 8.39. The molecule has 19 heavy (non-hydrogen) atoms. The molecule has 0 radical (unpaired) electrons. The largest absolute Gasteiger partial charge is 0.329 e. The molecule has 0 saturated carbocycles. The molecule has 0 aromatic rings. The SMILES string of the molecule is CCCC(C)(CN)N1CCC(N2CCCCC2)CC1. The smallest absolute Gasteiger partial charge is 0.0303 e. The van der Waals surface area contributed by atoms with Gasteiger partial charge in [-0.05, 0) is 52.1 Å². The molecule has 0 aromatic heterocycles. The third-order valence-electron chi connectivity index (χ3n) is 5.36. The Morgan fingerprint density at radius 3 is 2.21 bits per heavy atom. The fourth-order valence-electron chi connectivity index (χ4n) is 3.98. The number of hydrogen-bond donors (Lipinski definition) is 1. The third-order valence-corrected chi connectivity index (χ3v) is 5.36. The molecule has 3 heteroatoms. The van der Waals surface area contributed by atoms with Crippen molar-refractivity contribution >= 4 is 0 Å². The van der Waals surface area contributed by atoms with Gasteiger partial charge in [0.2, 0.25) is 0 Å². The lowest BCUT2D eigenvalue weighted by Gasteiger charge is -2.47. The molecule has 2 rings (SSSR count). The second-order valence-corrected chi connectivity index (χ2v) is 6.77. The average Bonchev–Trinajstić information content (AvgIpc) is 2.48. The second-order valence-electron chi connectivity index (χ2n) is 6.77. The molecule has 0 bridgehead atoms. The maximum atomic E-state index is 6.05. The van der Waals surface area contributed by atoms with Crippen LogP contribution in [-0.4, -0.2) is 54.1 Å². The van der Waals surface area contributed by atoms with Crippen LogP contribution in [0.1, 0.15) is 58.8 Å². The van der Waals surface area contributed by atoms with E-state index in [1.165, 1.54) is 71.1 Å². The molecule has 0 amide bonds. The van der Waals surface area contributed by atoms with Crippen LogP contribution < -0.4 is 5.73 Å². The molecule has 1 unspecified atom stereocenters. The van der Waals surface area contributed by atoms with Gasteiger partial charge in [-0.2, -0.15) is 0 Å². The van der Waals surface area contributed by atoms with E-state index in [1.807, 2.05) is 0 Å². The van der Waals surface area contributed by atoms with E-state index in [4.69, 9.17) is 5.73 Å². The van der Waals surface area contributed by atoms with Crippen LogP contribution in [0.5, 0.6) is 0 Å². The van der Waals surface area contributed by atoms with E-state index in [2.05, 4.69) is 23.6 Å². The lowest BCUT2D eigenvalue weighted by Crippen LogP contribution is -2.57. The summed E-state index contributed by atoms with van der Waals surface area (Å²) in [6.45, 7) is 10.6. The van der Waals surface area contributed by atoms with Gasteiger partial charge in [-0.1, -0.05) is 19.8 Å². The van der Waals surface area contributed by atoms with E-state index in [1.54, 1.807) is 0 Å². The van der Waals surface area contributed by atoms with E-state index < -0.39 is 0 Å². The van der Waals surface area contributed by atoms with Crippen molar-refractivity contribution in [1.82, 2.24) is 9.80 Å². The van der Waals surface area contributed by atoms with Gasteiger partial charge in [0.1, 0.15) is 0 Å². The van der Waals surface area contributed by atoms with Crippen LogP contribution >= 0.6 is 0 Å². The minimum absolute atomic E-state index is 0.238. The van der Waals surface area contributed by atoms with Crippen molar-refractivity contribution in [3.8, 4) is 0 Å². The Kier molecular flexibility index (Phi) is 5.67. The highest BCUT2D eigenvalue weighted by molar-refractivity contribution is 4.91. The summed E-state index contributed by atoms with van der Waals surface area (Å²) in [7, 11) is 0. The Hall–Kier alpha value is -0.120. The lowest BCUT2D eigenvalue weighted by atomic mass is 9.90. The van der Waals surface area contributed by atoms with Crippen molar-refractivity contribution < 1.29 is 0 Å². The zero-order valence-corrected chi connectivity index (χ0v) is 13.0. The fraction of sp³-hybridized carbons (Fsp3) is 1.00. The number of nitrogens with zero attached hydrogens (tertiary/aromatic N) is 2. The molecule has 2 N–H and O–H groups in total. The molecule has 0 aliphatic carbocycles. The molecule has 0 aromatic carbocycles. The molecule has 2 aliphatic heterocycles. The summed E-state index contributed by atoms with van der Waals surface area (Å²) >= 11 is 0. The van der Waals surface area contributed by atoms with Crippen LogP contribution in [0.25, 0.3) is 0 Å². The first-order chi connectivity index (χ1) is 9.19. The van der Waals surface area contributed by atoms with Crippen molar-refractivity contribution in [3.63, 3.8) is 0 Å². The average molecular weight is 267 g/mol. The monoisotopic (exact) mass is 267 g/mol. The van der Waals surface area contributed by atoms with Crippen LogP contribution in [0.15, 0.2) is 0 Å². The van der Waals surface area contributed by atoms with Gasteiger partial charge < -0.3 is 10.6 Å². The van der Waals surface area contributed by atoms with Crippen LogP contribution in [0, 0.1) is 0 Å². The van der Waals surface area contributed by atoms with Crippen LogP contribution in [0.3, 0.4) is 0 Å². The Morgan fingerprint density at radius 1 is 1.05 bits per heavy atom. The van der Waals surface area contributed by atoms with Crippen molar-refractivity contribution in [3.05, 3.63) is 0 Å². The number of hydrogen-bond acceptors (Lipinski definition) is 3. The van der Waals surface area contributed by atoms with E-state index in [-0.39, 0.29) is 5.54 Å². The van der Waals surface area contributed by atoms with Gasteiger partial charge in [-0.25, -0.2) is 0 Å². The maximum Gasteiger partial charge on any atom is 0.0303 e. The number of nitrogens with two attached hydrogens (primary N) is 1. The van der Waals surface area contributed by atoms with E-state index in [0.717, 1.165) is 12.6 Å². The van der Waals surface area contributed by atoms with Gasteiger partial charge >= 0.3 is 0 Å². The first-order valence-electron chi connectivity index (χ1n) is 8.39. The summed E-state index contributed by atoms with van der Waals surface area (Å²) in [6, 6.07) is 0.847. The Labute approximate surface area is 119 Å². The van der Waals surface area contributed by atoms with Crippen molar-refractivity contribution in [1.29, 1.82) is 0 Å². The van der Waals surface area contributed by atoms with Crippen molar-refractivity contribution in [2.45, 2.75) is 70.4 Å². The summed E-state index contributed by atoms with van der Waals surface area (Å²) in [5.74, 6) is 0. The number of rotatable bonds is 5. The van der Waals surface area contributed by atoms with E-state index in [0.29, 0.717) is 0 Å². The van der Waals surface area contributed by atoms with Crippen LogP contribution in [0.2, 0.25) is 0 Å². The summed E-state index contributed by atoms with van der Waals surface area (Å²) in [5.41, 5.74) is 6.29. The molecule has 2 aliphatic rings. The highest BCUT2D eigenvalue weighted by Gasteiger charge is 2.34. The predicted molar refractivity (Wildman–Crippen MR) is 82.4 cm³/mol. The molecular weight excluding hydrogens is 234 g/mol. The summed E-state index contributed by atoms with van der Waals surface area (Å²) < 4.78 is 0. The summed E-state index contributed by atoms with van der Waals surface area (Å²) in [5, 5.41) is 0. The topological polar surface area (TPSA) is 32.5 Å². The van der Waals surface area contributed by atoms with Crippen LogP contribution in [0.4, 0.5) is 0 Å². The highest BCUT2D eigenvalue weighted by atomic mass is 15.2. The van der Waals surface area contributed by atoms with Gasteiger partial charge in [0.05, 0.1) is 0 Å². The lowest BCUT2D eigenvalue weighted by molar-refractivity contribution is 0.0325. The summed E-state index contributed by atoms with van der Waals surface area (Å²) in [6.07, 6.45) is 9.43. The zero-order chi connectivity index (χ0) is 13.7. The quantitative estimate of drug-likeness (QED) is 0.830. The standard InChI is InChI=1S/C16H33N3/c1-3-9-16(2,14-17)19-12-7-15(8-13-19)18-10-5-4-6-11-18/h15H,3-14,17H2,1-2H3. The second kappa shape index (κ2) is 7.05. The third kappa shape index (κ3) is 3.71. The Balaban J connectivity index is 1.84. The zero-order valence-electron chi connectivity index (χ0n) is 13.0.